The van der Waals surface area contributed by atoms with E-state index in [0.29, 0.717) is 6.42 Å². The monoisotopic (exact) mass is 294 g/mol. The average molecular weight is 294 g/mol. The second-order valence-electron chi connectivity index (χ2n) is 6.10. The Morgan fingerprint density at radius 3 is 2.29 bits per heavy atom. The largest absolute Gasteiger partial charge is 0.396 e. The number of hydrogen-bond acceptors (Lipinski definition) is 5. The van der Waals surface area contributed by atoms with E-state index >= 15 is 0 Å². The van der Waals surface area contributed by atoms with Crippen molar-refractivity contribution in [3.8, 4) is 0 Å². The predicted molar refractivity (Wildman–Crippen MR) is 89.0 cm³/mol. The van der Waals surface area contributed by atoms with Crippen LogP contribution in [0.3, 0.4) is 0 Å². The first kappa shape index (κ1) is 17.7. The smallest absolute Gasteiger partial charge is 0.135 e. The van der Waals surface area contributed by atoms with E-state index < -0.39 is 0 Å². The standard InChI is InChI=1S/C16H30N4O/c1-7-16(6,9-10-21)20-15-12(5)14(17-8-2)18-13(19-15)11(3)4/h11,21H,7-10H2,1-6H3,(H2,17,18,19,20). The highest BCUT2D eigenvalue weighted by Crippen LogP contribution is 2.27. The second kappa shape index (κ2) is 7.59. The highest BCUT2D eigenvalue weighted by atomic mass is 16.3. The minimum Gasteiger partial charge on any atom is -0.396 e. The van der Waals surface area contributed by atoms with E-state index in [2.05, 4.69) is 55.2 Å². The summed E-state index contributed by atoms with van der Waals surface area (Å²) < 4.78 is 0. The van der Waals surface area contributed by atoms with E-state index in [1.807, 2.05) is 6.92 Å². The summed E-state index contributed by atoms with van der Waals surface area (Å²) in [6.45, 7) is 13.5. The molecule has 1 aromatic heterocycles. The molecule has 0 aliphatic heterocycles. The molecule has 1 aromatic rings. The molecule has 5 heteroatoms. The number of aliphatic hydroxyl groups is 1. The van der Waals surface area contributed by atoms with Gasteiger partial charge in [0.05, 0.1) is 0 Å². The lowest BCUT2D eigenvalue weighted by Crippen LogP contribution is -2.36. The van der Waals surface area contributed by atoms with Gasteiger partial charge in [0.15, 0.2) is 0 Å². The second-order valence-corrected chi connectivity index (χ2v) is 6.10. The van der Waals surface area contributed by atoms with Gasteiger partial charge in [-0.05, 0) is 33.6 Å². The Balaban J connectivity index is 3.20. The van der Waals surface area contributed by atoms with Crippen LogP contribution >= 0.6 is 0 Å². The van der Waals surface area contributed by atoms with Gasteiger partial charge in [-0.15, -0.1) is 0 Å². The van der Waals surface area contributed by atoms with Crippen LogP contribution in [0.4, 0.5) is 11.6 Å². The minimum atomic E-state index is -0.161. The van der Waals surface area contributed by atoms with Gasteiger partial charge in [0.2, 0.25) is 0 Å². The van der Waals surface area contributed by atoms with Crippen molar-refractivity contribution in [1.82, 2.24) is 9.97 Å². The Hall–Kier alpha value is -1.36. The van der Waals surface area contributed by atoms with Crippen molar-refractivity contribution in [2.75, 3.05) is 23.8 Å². The van der Waals surface area contributed by atoms with Crippen molar-refractivity contribution in [2.24, 2.45) is 0 Å². The Labute approximate surface area is 128 Å². The average Bonchev–Trinajstić information content (AvgIpc) is 2.43. The van der Waals surface area contributed by atoms with Gasteiger partial charge in [-0.25, -0.2) is 9.97 Å². The van der Waals surface area contributed by atoms with Crippen molar-refractivity contribution in [1.29, 1.82) is 0 Å². The van der Waals surface area contributed by atoms with Crippen LogP contribution in [0, 0.1) is 6.92 Å². The molecule has 3 N–H and O–H groups in total. The number of anilines is 2. The molecule has 0 aromatic carbocycles. The van der Waals surface area contributed by atoms with Gasteiger partial charge in [0, 0.05) is 30.2 Å². The highest BCUT2D eigenvalue weighted by molar-refractivity contribution is 5.58. The van der Waals surface area contributed by atoms with Crippen molar-refractivity contribution in [3.63, 3.8) is 0 Å². The minimum absolute atomic E-state index is 0.161. The molecule has 1 unspecified atom stereocenters. The first-order valence-electron chi connectivity index (χ1n) is 7.88. The fourth-order valence-corrected chi connectivity index (χ4v) is 2.11. The lowest BCUT2D eigenvalue weighted by molar-refractivity contribution is 0.251. The number of aromatic nitrogens is 2. The molecule has 1 atom stereocenters. The third kappa shape index (κ3) is 4.56. The van der Waals surface area contributed by atoms with Gasteiger partial charge in [0.25, 0.3) is 0 Å². The van der Waals surface area contributed by atoms with Gasteiger partial charge >= 0.3 is 0 Å². The normalized spacial score (nSPS) is 14.1. The topological polar surface area (TPSA) is 70.1 Å². The highest BCUT2D eigenvalue weighted by Gasteiger charge is 2.24. The molecule has 0 bridgehead atoms. The van der Waals surface area contributed by atoms with Gasteiger partial charge in [-0.2, -0.15) is 0 Å². The van der Waals surface area contributed by atoms with Crippen LogP contribution in [-0.2, 0) is 0 Å². The molecular weight excluding hydrogens is 264 g/mol. The zero-order chi connectivity index (χ0) is 16.0. The van der Waals surface area contributed by atoms with Crippen LogP contribution < -0.4 is 10.6 Å². The lowest BCUT2D eigenvalue weighted by atomic mass is 9.94. The predicted octanol–water partition coefficient (Wildman–Crippen LogP) is 3.30. The maximum atomic E-state index is 9.28. The summed E-state index contributed by atoms with van der Waals surface area (Å²) in [6.07, 6.45) is 1.62. The van der Waals surface area contributed by atoms with E-state index in [0.717, 1.165) is 36.0 Å². The maximum Gasteiger partial charge on any atom is 0.135 e. The summed E-state index contributed by atoms with van der Waals surface area (Å²) in [5.74, 6) is 2.86. The van der Waals surface area contributed by atoms with E-state index in [1.165, 1.54) is 0 Å². The molecule has 0 spiro atoms. The third-order valence-corrected chi connectivity index (χ3v) is 3.89. The molecule has 0 fully saturated rings. The van der Waals surface area contributed by atoms with Crippen LogP contribution in [0.5, 0.6) is 0 Å². The zero-order valence-corrected chi connectivity index (χ0v) is 14.2. The Morgan fingerprint density at radius 2 is 1.81 bits per heavy atom. The number of hydrogen-bond donors (Lipinski definition) is 3. The quantitative estimate of drug-likeness (QED) is 0.686. The fraction of sp³-hybridized carbons (Fsp3) is 0.750. The van der Waals surface area contributed by atoms with Crippen molar-refractivity contribution < 1.29 is 5.11 Å². The first-order chi connectivity index (χ1) is 9.86. The number of aliphatic hydroxyl groups excluding tert-OH is 1. The molecule has 5 nitrogen and oxygen atoms in total. The van der Waals surface area contributed by atoms with Crippen molar-refractivity contribution in [2.45, 2.75) is 65.8 Å². The molecular formula is C16H30N4O. The van der Waals surface area contributed by atoms with E-state index in [1.54, 1.807) is 0 Å². The van der Waals surface area contributed by atoms with E-state index in [-0.39, 0.29) is 18.1 Å². The first-order valence-corrected chi connectivity index (χ1v) is 7.88. The van der Waals surface area contributed by atoms with Crippen molar-refractivity contribution in [3.05, 3.63) is 11.4 Å². The SMILES string of the molecule is CCNc1nc(C(C)C)nc(NC(C)(CC)CCO)c1C. The summed E-state index contributed by atoms with van der Waals surface area (Å²) in [4.78, 5) is 9.30. The molecule has 0 saturated carbocycles. The molecule has 0 radical (unpaired) electrons. The van der Waals surface area contributed by atoms with Gasteiger partial charge in [-0.1, -0.05) is 20.8 Å². The van der Waals surface area contributed by atoms with Crippen molar-refractivity contribution >= 4 is 11.6 Å². The van der Waals surface area contributed by atoms with E-state index in [4.69, 9.17) is 0 Å². The molecule has 0 aliphatic carbocycles. The van der Waals surface area contributed by atoms with Crippen LogP contribution in [-0.4, -0.2) is 33.8 Å². The fourth-order valence-electron chi connectivity index (χ4n) is 2.11. The van der Waals surface area contributed by atoms with Crippen LogP contribution in [0.15, 0.2) is 0 Å². The summed E-state index contributed by atoms with van der Waals surface area (Å²) in [7, 11) is 0. The molecule has 0 aliphatic rings. The molecule has 0 amide bonds. The number of nitrogens with zero attached hydrogens (tertiary/aromatic N) is 2. The zero-order valence-electron chi connectivity index (χ0n) is 14.2. The molecule has 1 rings (SSSR count). The lowest BCUT2D eigenvalue weighted by Gasteiger charge is -2.31. The molecule has 120 valence electrons. The van der Waals surface area contributed by atoms with Crippen LogP contribution in [0.1, 0.15) is 64.8 Å². The van der Waals surface area contributed by atoms with E-state index in [9.17, 15) is 5.11 Å². The Kier molecular flexibility index (Phi) is 6.40. The molecule has 0 saturated heterocycles. The number of rotatable bonds is 8. The summed E-state index contributed by atoms with van der Waals surface area (Å²) in [5, 5.41) is 16.1. The molecule has 1 heterocycles. The Bertz CT molecular complexity index is 462. The maximum absolute atomic E-state index is 9.28. The Morgan fingerprint density at radius 1 is 1.19 bits per heavy atom. The third-order valence-electron chi connectivity index (χ3n) is 3.89. The van der Waals surface area contributed by atoms with Crippen LogP contribution in [0.2, 0.25) is 0 Å². The van der Waals surface area contributed by atoms with Gasteiger partial charge < -0.3 is 15.7 Å². The number of nitrogens with one attached hydrogen (secondary N) is 2. The molecule has 21 heavy (non-hydrogen) atoms. The summed E-state index contributed by atoms with van der Waals surface area (Å²) >= 11 is 0. The van der Waals surface area contributed by atoms with Crippen LogP contribution in [0.25, 0.3) is 0 Å². The van der Waals surface area contributed by atoms with Gasteiger partial charge in [-0.3, -0.25) is 0 Å². The summed E-state index contributed by atoms with van der Waals surface area (Å²) in [5.41, 5.74) is 0.866. The van der Waals surface area contributed by atoms with Gasteiger partial charge in [0.1, 0.15) is 17.5 Å². The summed E-state index contributed by atoms with van der Waals surface area (Å²) in [6, 6.07) is 0.